The number of urea groups is 1. The summed E-state index contributed by atoms with van der Waals surface area (Å²) in [4.78, 5) is 21.1. The van der Waals surface area contributed by atoms with Gasteiger partial charge in [-0.1, -0.05) is 0 Å². The number of nitrogens with two attached hydrogens (primary N) is 1. The summed E-state index contributed by atoms with van der Waals surface area (Å²) < 4.78 is 0. The molecule has 0 atom stereocenters. The monoisotopic (exact) mass is 239 g/mol. The van der Waals surface area contributed by atoms with Crippen LogP contribution in [0.1, 0.15) is 0 Å². The Kier molecular flexibility index (Phi) is 3.45. The summed E-state index contributed by atoms with van der Waals surface area (Å²) in [6.07, 6.45) is 3.18. The van der Waals surface area contributed by atoms with E-state index >= 15 is 0 Å². The minimum Gasteiger partial charge on any atom is -0.381 e. The highest BCUT2D eigenvalue weighted by atomic mass is 32.2. The van der Waals surface area contributed by atoms with Crippen LogP contribution in [-0.2, 0) is 0 Å². The van der Waals surface area contributed by atoms with E-state index in [1.165, 1.54) is 11.8 Å². The lowest BCUT2D eigenvalue weighted by atomic mass is 10.6. The molecule has 0 spiro atoms. The quantitative estimate of drug-likeness (QED) is 0.732. The number of anilines is 1. The van der Waals surface area contributed by atoms with Crippen LogP contribution >= 0.6 is 11.8 Å². The molecule has 16 heavy (non-hydrogen) atoms. The number of nitrogens with zero attached hydrogens (tertiary/aromatic N) is 3. The summed E-state index contributed by atoms with van der Waals surface area (Å²) in [5.74, 6) is 1.22. The molecule has 1 fully saturated rings. The Morgan fingerprint density at radius 2 is 2.31 bits per heavy atom. The molecule has 0 unspecified atom stereocenters. The van der Waals surface area contributed by atoms with Crippen molar-refractivity contribution < 1.29 is 4.79 Å². The lowest BCUT2D eigenvalue weighted by molar-refractivity contribution is 0.220. The van der Waals surface area contributed by atoms with Gasteiger partial charge in [-0.05, 0) is 0 Å². The van der Waals surface area contributed by atoms with E-state index in [1.54, 1.807) is 17.3 Å². The molecule has 2 heterocycles. The molecule has 1 aromatic heterocycles. The van der Waals surface area contributed by atoms with Gasteiger partial charge >= 0.3 is 6.03 Å². The second-order valence-corrected chi connectivity index (χ2v) is 4.40. The second kappa shape index (κ2) is 5.02. The van der Waals surface area contributed by atoms with E-state index in [0.717, 1.165) is 23.9 Å². The highest BCUT2D eigenvalue weighted by molar-refractivity contribution is 7.99. The summed E-state index contributed by atoms with van der Waals surface area (Å²) in [5, 5.41) is 3.48. The first-order valence-electron chi connectivity index (χ1n) is 4.99. The second-order valence-electron chi connectivity index (χ2n) is 3.31. The lowest BCUT2D eigenvalue weighted by Crippen LogP contribution is -2.30. The molecular weight excluding hydrogens is 226 g/mol. The van der Waals surface area contributed by atoms with Crippen LogP contribution in [0.25, 0.3) is 0 Å². The van der Waals surface area contributed by atoms with Gasteiger partial charge in [-0.25, -0.2) is 14.8 Å². The van der Waals surface area contributed by atoms with Gasteiger partial charge in [0.05, 0.1) is 0 Å². The zero-order valence-corrected chi connectivity index (χ0v) is 9.54. The van der Waals surface area contributed by atoms with Crippen LogP contribution < -0.4 is 11.1 Å². The van der Waals surface area contributed by atoms with Crippen LogP contribution in [0.4, 0.5) is 10.6 Å². The van der Waals surface area contributed by atoms with E-state index in [2.05, 4.69) is 15.3 Å². The Morgan fingerprint density at radius 1 is 1.50 bits per heavy atom. The average molecular weight is 239 g/mol. The first-order valence-corrected chi connectivity index (χ1v) is 5.98. The summed E-state index contributed by atoms with van der Waals surface area (Å²) in [6, 6.07) is 0.00715. The molecule has 2 amide bonds. The predicted molar refractivity (Wildman–Crippen MR) is 62.1 cm³/mol. The van der Waals surface area contributed by atoms with Crippen LogP contribution in [0.3, 0.4) is 0 Å². The Morgan fingerprint density at radius 3 is 3.00 bits per heavy atom. The largest absolute Gasteiger partial charge is 0.381 e. The fraction of sp³-hybridized carbons (Fsp3) is 0.444. The van der Waals surface area contributed by atoms with Crippen molar-refractivity contribution in [3.05, 3.63) is 12.4 Å². The van der Waals surface area contributed by atoms with Gasteiger partial charge in [0.2, 0.25) is 0 Å². The van der Waals surface area contributed by atoms with E-state index in [-0.39, 0.29) is 6.03 Å². The topological polar surface area (TPSA) is 84.1 Å². The third-order valence-electron chi connectivity index (χ3n) is 2.24. The maximum Gasteiger partial charge on any atom is 0.317 e. The number of carbonyl (C=O) groups excluding carboxylic acids is 1. The SMILES string of the molecule is Nc1nccnc1SCCN1CCNC1=O. The molecule has 1 saturated heterocycles. The average Bonchev–Trinajstić information content (AvgIpc) is 2.67. The van der Waals surface area contributed by atoms with Gasteiger partial charge in [-0.2, -0.15) is 0 Å². The number of nitrogen functional groups attached to an aromatic ring is 1. The molecule has 1 aliphatic heterocycles. The minimum atomic E-state index is 0.00715. The van der Waals surface area contributed by atoms with Crippen molar-refractivity contribution in [2.45, 2.75) is 5.03 Å². The molecule has 0 saturated carbocycles. The maximum atomic E-state index is 11.2. The molecule has 7 heteroatoms. The molecule has 1 aromatic rings. The maximum absolute atomic E-state index is 11.2. The number of nitrogens with one attached hydrogen (secondary N) is 1. The van der Waals surface area contributed by atoms with Gasteiger partial charge in [-0.15, -0.1) is 11.8 Å². The molecule has 86 valence electrons. The number of thioether (sulfide) groups is 1. The summed E-state index contributed by atoms with van der Waals surface area (Å²) in [6.45, 7) is 2.21. The Hall–Kier alpha value is -1.50. The summed E-state index contributed by atoms with van der Waals surface area (Å²) in [5.41, 5.74) is 5.65. The smallest absolute Gasteiger partial charge is 0.317 e. The van der Waals surface area contributed by atoms with Gasteiger partial charge in [0.15, 0.2) is 5.82 Å². The van der Waals surface area contributed by atoms with Crippen molar-refractivity contribution >= 4 is 23.6 Å². The van der Waals surface area contributed by atoms with Crippen molar-refractivity contribution in [2.75, 3.05) is 31.1 Å². The summed E-state index contributed by atoms with van der Waals surface area (Å²) in [7, 11) is 0. The van der Waals surface area contributed by atoms with Gasteiger partial charge in [-0.3, -0.25) is 0 Å². The summed E-state index contributed by atoms with van der Waals surface area (Å²) >= 11 is 1.52. The highest BCUT2D eigenvalue weighted by Crippen LogP contribution is 2.19. The zero-order chi connectivity index (χ0) is 11.4. The standard InChI is InChI=1S/C9H13N5OS/c10-7-8(12-2-1-11-7)16-6-5-14-4-3-13-9(14)15/h1-2H,3-6H2,(H2,10,11)(H,13,15). The van der Waals surface area contributed by atoms with Crippen molar-refractivity contribution in [1.82, 2.24) is 20.2 Å². The van der Waals surface area contributed by atoms with Gasteiger partial charge in [0, 0.05) is 37.8 Å². The van der Waals surface area contributed by atoms with E-state index < -0.39 is 0 Å². The van der Waals surface area contributed by atoms with Crippen molar-refractivity contribution in [3.63, 3.8) is 0 Å². The number of aromatic nitrogens is 2. The van der Waals surface area contributed by atoms with Crippen LogP contribution in [-0.4, -0.2) is 46.3 Å². The van der Waals surface area contributed by atoms with Crippen LogP contribution in [0.5, 0.6) is 0 Å². The molecule has 2 rings (SSSR count). The molecule has 3 N–H and O–H groups in total. The highest BCUT2D eigenvalue weighted by Gasteiger charge is 2.18. The van der Waals surface area contributed by atoms with Crippen LogP contribution in [0.2, 0.25) is 0 Å². The number of hydrogen-bond donors (Lipinski definition) is 2. The van der Waals surface area contributed by atoms with Gasteiger partial charge < -0.3 is 16.0 Å². The van der Waals surface area contributed by atoms with Gasteiger partial charge in [0.1, 0.15) is 5.03 Å². The fourth-order valence-corrected chi connectivity index (χ4v) is 2.27. The number of rotatable bonds is 4. The predicted octanol–water partition coefficient (Wildman–Crippen LogP) is 0.176. The normalized spacial score (nSPS) is 15.2. The van der Waals surface area contributed by atoms with Gasteiger partial charge in [0.25, 0.3) is 0 Å². The molecule has 0 aromatic carbocycles. The van der Waals surface area contributed by atoms with Crippen molar-refractivity contribution in [2.24, 2.45) is 0 Å². The zero-order valence-electron chi connectivity index (χ0n) is 8.72. The van der Waals surface area contributed by atoms with E-state index in [9.17, 15) is 4.79 Å². The molecule has 6 nitrogen and oxygen atoms in total. The fourth-order valence-electron chi connectivity index (χ4n) is 1.42. The first kappa shape index (κ1) is 11.0. The van der Waals surface area contributed by atoms with E-state index in [0.29, 0.717) is 12.4 Å². The number of carbonyl (C=O) groups is 1. The van der Waals surface area contributed by atoms with E-state index in [1.807, 2.05) is 0 Å². The third-order valence-corrected chi connectivity index (χ3v) is 3.21. The first-order chi connectivity index (χ1) is 7.77. The number of hydrogen-bond acceptors (Lipinski definition) is 5. The Bertz CT molecular complexity index is 386. The minimum absolute atomic E-state index is 0.00715. The lowest BCUT2D eigenvalue weighted by Gasteiger charge is -2.13. The Balaban J connectivity index is 1.80. The Labute approximate surface area is 97.6 Å². The van der Waals surface area contributed by atoms with E-state index in [4.69, 9.17) is 5.73 Å². The molecule has 0 aliphatic carbocycles. The number of amides is 2. The molecular formula is C9H13N5OS. The van der Waals surface area contributed by atoms with Crippen LogP contribution in [0.15, 0.2) is 17.4 Å². The molecule has 1 aliphatic rings. The third kappa shape index (κ3) is 2.54. The van der Waals surface area contributed by atoms with Crippen molar-refractivity contribution in [1.29, 1.82) is 0 Å². The van der Waals surface area contributed by atoms with Crippen molar-refractivity contribution in [3.8, 4) is 0 Å². The molecule has 0 bridgehead atoms. The molecule has 0 radical (unpaired) electrons. The van der Waals surface area contributed by atoms with Crippen LogP contribution in [0, 0.1) is 0 Å².